The molecule has 0 bridgehead atoms. The predicted molar refractivity (Wildman–Crippen MR) is 106 cm³/mol. The average Bonchev–Trinajstić information content (AvgIpc) is 2.70. The van der Waals surface area contributed by atoms with Crippen molar-refractivity contribution in [1.29, 1.82) is 0 Å². The van der Waals surface area contributed by atoms with E-state index < -0.39 is 0 Å². The van der Waals surface area contributed by atoms with Crippen LogP contribution in [0.5, 0.6) is 0 Å². The highest BCUT2D eigenvalue weighted by Crippen LogP contribution is 2.27. The van der Waals surface area contributed by atoms with E-state index in [0.717, 1.165) is 25.1 Å². The van der Waals surface area contributed by atoms with Crippen molar-refractivity contribution in [2.24, 2.45) is 11.8 Å². The molecule has 1 aliphatic heterocycles. The van der Waals surface area contributed by atoms with Crippen LogP contribution in [0.25, 0.3) is 0 Å². The van der Waals surface area contributed by atoms with Gasteiger partial charge in [0.05, 0.1) is 5.92 Å². The van der Waals surface area contributed by atoms with Crippen molar-refractivity contribution in [3.8, 4) is 0 Å². The Morgan fingerprint density at radius 2 is 1.93 bits per heavy atom. The minimum Gasteiger partial charge on any atom is -0.342 e. The van der Waals surface area contributed by atoms with E-state index in [1.165, 1.54) is 32.1 Å². The van der Waals surface area contributed by atoms with Crippen LogP contribution in [0.1, 0.15) is 63.9 Å². The van der Waals surface area contributed by atoms with Gasteiger partial charge in [0.1, 0.15) is 0 Å². The second-order valence-corrected chi connectivity index (χ2v) is 8.15. The number of pyridine rings is 1. The summed E-state index contributed by atoms with van der Waals surface area (Å²) in [5, 5.41) is 0. The van der Waals surface area contributed by atoms with Gasteiger partial charge in [0, 0.05) is 45.0 Å². The van der Waals surface area contributed by atoms with Crippen molar-refractivity contribution in [3.05, 3.63) is 30.1 Å². The van der Waals surface area contributed by atoms with Crippen LogP contribution in [-0.2, 0) is 16.1 Å². The number of piperidine rings is 1. The van der Waals surface area contributed by atoms with Crippen molar-refractivity contribution in [1.82, 2.24) is 14.8 Å². The van der Waals surface area contributed by atoms with Gasteiger partial charge < -0.3 is 9.80 Å². The molecular formula is C22H33N3O2. The van der Waals surface area contributed by atoms with Crippen molar-refractivity contribution < 1.29 is 9.59 Å². The summed E-state index contributed by atoms with van der Waals surface area (Å²) in [6, 6.07) is 3.94. The molecule has 3 rings (SSSR count). The van der Waals surface area contributed by atoms with Crippen LogP contribution in [0.4, 0.5) is 0 Å². The highest BCUT2D eigenvalue weighted by Gasteiger charge is 2.33. The Morgan fingerprint density at radius 1 is 1.19 bits per heavy atom. The second kappa shape index (κ2) is 9.86. The zero-order valence-electron chi connectivity index (χ0n) is 16.6. The number of nitrogens with zero attached hydrogens (tertiary/aromatic N) is 3. The zero-order valence-corrected chi connectivity index (χ0v) is 16.6. The third-order valence-electron chi connectivity index (χ3n) is 5.98. The van der Waals surface area contributed by atoms with Gasteiger partial charge >= 0.3 is 0 Å². The summed E-state index contributed by atoms with van der Waals surface area (Å²) in [5.74, 6) is 1.01. The fourth-order valence-electron chi connectivity index (χ4n) is 4.48. The molecule has 1 saturated carbocycles. The standard InChI is InChI=1S/C22H33N3O2/c1-2-14-24(15-19-10-12-23-13-11-19)22(27)20-8-9-21(26)25(17-20)16-18-6-4-3-5-7-18/h10-13,18,20H,2-9,14-17H2,1H3. The maximum absolute atomic E-state index is 13.2. The minimum absolute atomic E-state index is 0.0559. The lowest BCUT2D eigenvalue weighted by Crippen LogP contribution is -2.48. The molecule has 1 unspecified atom stereocenters. The highest BCUT2D eigenvalue weighted by atomic mass is 16.2. The van der Waals surface area contributed by atoms with E-state index in [-0.39, 0.29) is 17.7 Å². The van der Waals surface area contributed by atoms with Gasteiger partial charge in [-0.1, -0.05) is 26.2 Å². The zero-order chi connectivity index (χ0) is 19.1. The lowest BCUT2D eigenvalue weighted by atomic mass is 9.87. The van der Waals surface area contributed by atoms with Crippen molar-refractivity contribution in [2.45, 2.75) is 64.8 Å². The number of likely N-dealkylation sites (tertiary alicyclic amines) is 1. The largest absolute Gasteiger partial charge is 0.342 e. The van der Waals surface area contributed by atoms with Gasteiger partial charge in [0.2, 0.25) is 11.8 Å². The SMILES string of the molecule is CCCN(Cc1ccncc1)C(=O)C1CCC(=O)N(CC2CCCCC2)C1. The molecule has 148 valence electrons. The lowest BCUT2D eigenvalue weighted by molar-refractivity contribution is -0.144. The molecule has 1 aromatic rings. The van der Waals surface area contributed by atoms with Gasteiger partial charge in [-0.2, -0.15) is 0 Å². The van der Waals surface area contributed by atoms with Gasteiger partial charge in [-0.05, 0) is 49.3 Å². The predicted octanol–water partition coefficient (Wildman–Crippen LogP) is 3.64. The first kappa shape index (κ1) is 19.8. The van der Waals surface area contributed by atoms with Crippen LogP contribution in [-0.4, -0.2) is 46.2 Å². The molecule has 5 heteroatoms. The van der Waals surface area contributed by atoms with Gasteiger partial charge in [-0.25, -0.2) is 0 Å². The summed E-state index contributed by atoms with van der Waals surface area (Å²) < 4.78 is 0. The number of carbonyl (C=O) groups is 2. The van der Waals surface area contributed by atoms with Crippen molar-refractivity contribution >= 4 is 11.8 Å². The van der Waals surface area contributed by atoms with Crippen LogP contribution < -0.4 is 0 Å². The first-order valence-corrected chi connectivity index (χ1v) is 10.6. The van der Waals surface area contributed by atoms with Crippen LogP contribution in [0.3, 0.4) is 0 Å². The molecule has 1 aliphatic carbocycles. The Bertz CT molecular complexity index is 613. The van der Waals surface area contributed by atoms with Gasteiger partial charge in [-0.15, -0.1) is 0 Å². The molecule has 2 fully saturated rings. The van der Waals surface area contributed by atoms with E-state index in [4.69, 9.17) is 0 Å². The molecule has 0 spiro atoms. The second-order valence-electron chi connectivity index (χ2n) is 8.15. The monoisotopic (exact) mass is 371 g/mol. The molecule has 0 N–H and O–H groups in total. The molecule has 2 aliphatic rings. The molecule has 1 atom stereocenters. The van der Waals surface area contributed by atoms with E-state index in [2.05, 4.69) is 11.9 Å². The molecular weight excluding hydrogens is 338 g/mol. The minimum atomic E-state index is -0.0559. The van der Waals surface area contributed by atoms with Crippen molar-refractivity contribution in [2.75, 3.05) is 19.6 Å². The van der Waals surface area contributed by atoms with Crippen LogP contribution in [0, 0.1) is 11.8 Å². The number of carbonyl (C=O) groups excluding carboxylic acids is 2. The van der Waals surface area contributed by atoms with E-state index in [1.54, 1.807) is 12.4 Å². The highest BCUT2D eigenvalue weighted by molar-refractivity contribution is 5.84. The first-order chi connectivity index (χ1) is 13.2. The number of hydrogen-bond acceptors (Lipinski definition) is 3. The van der Waals surface area contributed by atoms with E-state index in [9.17, 15) is 9.59 Å². The van der Waals surface area contributed by atoms with E-state index in [0.29, 0.717) is 31.8 Å². The summed E-state index contributed by atoms with van der Waals surface area (Å²) in [4.78, 5) is 33.6. The average molecular weight is 372 g/mol. The third-order valence-corrected chi connectivity index (χ3v) is 5.98. The first-order valence-electron chi connectivity index (χ1n) is 10.6. The number of amides is 2. The quantitative estimate of drug-likeness (QED) is 0.735. The smallest absolute Gasteiger partial charge is 0.227 e. The summed E-state index contributed by atoms with van der Waals surface area (Å²) in [6.07, 6.45) is 12.0. The normalized spacial score (nSPS) is 21.3. The molecule has 2 amide bonds. The van der Waals surface area contributed by atoms with Gasteiger partial charge in [0.15, 0.2) is 0 Å². The molecule has 2 heterocycles. The van der Waals surface area contributed by atoms with Gasteiger partial charge in [-0.3, -0.25) is 14.6 Å². The molecule has 0 radical (unpaired) electrons. The Morgan fingerprint density at radius 3 is 2.63 bits per heavy atom. The summed E-state index contributed by atoms with van der Waals surface area (Å²) >= 11 is 0. The maximum atomic E-state index is 13.2. The van der Waals surface area contributed by atoms with Crippen LogP contribution >= 0.6 is 0 Å². The third kappa shape index (κ3) is 5.53. The topological polar surface area (TPSA) is 53.5 Å². The summed E-state index contributed by atoms with van der Waals surface area (Å²) in [6.45, 7) is 4.94. The fourth-order valence-corrected chi connectivity index (χ4v) is 4.48. The van der Waals surface area contributed by atoms with Crippen LogP contribution in [0.15, 0.2) is 24.5 Å². The molecule has 27 heavy (non-hydrogen) atoms. The Kier molecular flexibility index (Phi) is 7.25. The Balaban J connectivity index is 1.61. The van der Waals surface area contributed by atoms with Gasteiger partial charge in [0.25, 0.3) is 0 Å². The lowest BCUT2D eigenvalue weighted by Gasteiger charge is -2.37. The molecule has 0 aromatic carbocycles. The Hall–Kier alpha value is -1.91. The maximum Gasteiger partial charge on any atom is 0.227 e. The number of aromatic nitrogens is 1. The van der Waals surface area contributed by atoms with Crippen molar-refractivity contribution in [3.63, 3.8) is 0 Å². The number of hydrogen-bond donors (Lipinski definition) is 0. The molecule has 1 saturated heterocycles. The Labute approximate surface area is 163 Å². The van der Waals surface area contributed by atoms with Crippen LogP contribution in [0.2, 0.25) is 0 Å². The summed E-state index contributed by atoms with van der Waals surface area (Å²) in [5.41, 5.74) is 1.11. The summed E-state index contributed by atoms with van der Waals surface area (Å²) in [7, 11) is 0. The fraction of sp³-hybridized carbons (Fsp3) is 0.682. The molecule has 5 nitrogen and oxygen atoms in total. The molecule has 1 aromatic heterocycles. The number of rotatable bonds is 7. The van der Waals surface area contributed by atoms with E-state index >= 15 is 0 Å². The van der Waals surface area contributed by atoms with E-state index in [1.807, 2.05) is 21.9 Å².